The van der Waals surface area contributed by atoms with Gasteiger partial charge in [0.25, 0.3) is 0 Å². The second-order valence-corrected chi connectivity index (χ2v) is 3.68. The van der Waals surface area contributed by atoms with Gasteiger partial charge in [-0.15, -0.1) is 0 Å². The standard InChI is InChI=1S/C12H22O4/c1-3-5-7-9-16-12(14)10-11(13)15-8-6-4-2/h3-10H2,1-2H3. The molecule has 0 aromatic carbocycles. The SMILES string of the molecule is CCCCCOC(=O)CC(=O)OCCCC. The molecule has 0 saturated carbocycles. The molecular weight excluding hydrogens is 208 g/mol. The zero-order valence-electron chi connectivity index (χ0n) is 10.3. The first-order valence-corrected chi connectivity index (χ1v) is 6.02. The fourth-order valence-electron chi connectivity index (χ4n) is 1.09. The highest BCUT2D eigenvalue weighted by Crippen LogP contribution is 1.98. The first-order chi connectivity index (χ1) is 7.70. The molecule has 0 heterocycles. The number of hydrogen-bond acceptors (Lipinski definition) is 4. The molecule has 94 valence electrons. The van der Waals surface area contributed by atoms with Crippen molar-refractivity contribution in [3.8, 4) is 0 Å². The molecule has 0 radical (unpaired) electrons. The molecule has 16 heavy (non-hydrogen) atoms. The van der Waals surface area contributed by atoms with Crippen LogP contribution in [0.25, 0.3) is 0 Å². The highest BCUT2D eigenvalue weighted by molar-refractivity contribution is 5.91. The second kappa shape index (κ2) is 10.5. The minimum absolute atomic E-state index is 0.268. The monoisotopic (exact) mass is 230 g/mol. The molecule has 0 aliphatic carbocycles. The fourth-order valence-corrected chi connectivity index (χ4v) is 1.09. The van der Waals surface area contributed by atoms with E-state index in [2.05, 4.69) is 6.92 Å². The minimum atomic E-state index is -0.492. The molecule has 0 unspecified atom stereocenters. The summed E-state index contributed by atoms with van der Waals surface area (Å²) in [5.41, 5.74) is 0. The van der Waals surface area contributed by atoms with E-state index in [4.69, 9.17) is 9.47 Å². The topological polar surface area (TPSA) is 52.6 Å². The maximum absolute atomic E-state index is 11.1. The fraction of sp³-hybridized carbons (Fsp3) is 0.833. The van der Waals surface area contributed by atoms with Gasteiger partial charge < -0.3 is 9.47 Å². The van der Waals surface area contributed by atoms with Gasteiger partial charge in [-0.05, 0) is 12.8 Å². The third kappa shape index (κ3) is 9.49. The summed E-state index contributed by atoms with van der Waals surface area (Å²) in [6, 6.07) is 0. The van der Waals surface area contributed by atoms with Crippen LogP contribution in [0.3, 0.4) is 0 Å². The number of ether oxygens (including phenoxy) is 2. The summed E-state index contributed by atoms with van der Waals surface area (Å²) in [5.74, 6) is -0.980. The van der Waals surface area contributed by atoms with Crippen LogP contribution >= 0.6 is 0 Å². The summed E-state index contributed by atoms with van der Waals surface area (Å²) in [7, 11) is 0. The number of rotatable bonds is 9. The van der Waals surface area contributed by atoms with Gasteiger partial charge in [-0.1, -0.05) is 33.1 Å². The molecule has 4 heteroatoms. The van der Waals surface area contributed by atoms with Gasteiger partial charge in [-0.25, -0.2) is 0 Å². The smallest absolute Gasteiger partial charge is 0.317 e. The summed E-state index contributed by atoms with van der Waals surface area (Å²) in [4.78, 5) is 22.2. The van der Waals surface area contributed by atoms with Gasteiger partial charge in [0, 0.05) is 0 Å². The molecule has 0 N–H and O–H groups in total. The normalized spacial score (nSPS) is 9.88. The van der Waals surface area contributed by atoms with Crippen LogP contribution in [0.4, 0.5) is 0 Å². The maximum Gasteiger partial charge on any atom is 0.317 e. The van der Waals surface area contributed by atoms with Gasteiger partial charge in [0.15, 0.2) is 0 Å². The Hall–Kier alpha value is -1.06. The van der Waals surface area contributed by atoms with E-state index in [1.165, 1.54) is 0 Å². The zero-order valence-corrected chi connectivity index (χ0v) is 10.3. The van der Waals surface area contributed by atoms with Crippen LogP contribution in [0, 0.1) is 0 Å². The Morgan fingerprint density at radius 1 is 0.812 bits per heavy atom. The maximum atomic E-state index is 11.1. The Kier molecular flexibility index (Phi) is 9.76. The molecule has 0 aromatic rings. The number of carbonyl (C=O) groups is 2. The van der Waals surface area contributed by atoms with E-state index in [1.54, 1.807) is 0 Å². The van der Waals surface area contributed by atoms with E-state index in [0.29, 0.717) is 13.2 Å². The lowest BCUT2D eigenvalue weighted by atomic mass is 10.3. The van der Waals surface area contributed by atoms with Crippen molar-refractivity contribution < 1.29 is 19.1 Å². The van der Waals surface area contributed by atoms with Gasteiger partial charge in [0.05, 0.1) is 13.2 Å². The number of hydrogen-bond donors (Lipinski definition) is 0. The highest BCUT2D eigenvalue weighted by atomic mass is 16.6. The Balaban J connectivity index is 3.43. The number of esters is 2. The van der Waals surface area contributed by atoms with E-state index >= 15 is 0 Å². The lowest BCUT2D eigenvalue weighted by Gasteiger charge is -2.05. The first-order valence-electron chi connectivity index (χ1n) is 6.02. The van der Waals surface area contributed by atoms with Gasteiger partial charge in [-0.3, -0.25) is 9.59 Å². The zero-order chi connectivity index (χ0) is 12.2. The van der Waals surface area contributed by atoms with Crippen molar-refractivity contribution in [1.29, 1.82) is 0 Å². The average Bonchev–Trinajstić information content (AvgIpc) is 2.25. The van der Waals surface area contributed by atoms with Crippen molar-refractivity contribution in [1.82, 2.24) is 0 Å². The number of unbranched alkanes of at least 4 members (excludes halogenated alkanes) is 3. The van der Waals surface area contributed by atoms with Gasteiger partial charge in [0.1, 0.15) is 6.42 Å². The third-order valence-corrected chi connectivity index (χ3v) is 2.06. The summed E-state index contributed by atoms with van der Waals surface area (Å²) >= 11 is 0. The molecule has 0 aliphatic rings. The minimum Gasteiger partial charge on any atom is -0.465 e. The summed E-state index contributed by atoms with van der Waals surface area (Å²) in [5, 5.41) is 0. The molecule has 0 spiro atoms. The molecule has 0 aliphatic heterocycles. The Morgan fingerprint density at radius 2 is 1.31 bits per heavy atom. The highest BCUT2D eigenvalue weighted by Gasteiger charge is 2.11. The van der Waals surface area contributed by atoms with E-state index in [1.807, 2.05) is 6.92 Å². The molecule has 0 amide bonds. The summed E-state index contributed by atoms with van der Waals surface area (Å²) in [6.07, 6.45) is 4.50. The van der Waals surface area contributed by atoms with Crippen molar-refractivity contribution in [3.63, 3.8) is 0 Å². The second-order valence-electron chi connectivity index (χ2n) is 3.68. The predicted molar refractivity (Wildman–Crippen MR) is 61.0 cm³/mol. The van der Waals surface area contributed by atoms with Crippen LogP contribution in [-0.4, -0.2) is 25.2 Å². The van der Waals surface area contributed by atoms with E-state index in [9.17, 15) is 9.59 Å². The van der Waals surface area contributed by atoms with Crippen molar-refractivity contribution in [2.75, 3.05) is 13.2 Å². The van der Waals surface area contributed by atoms with E-state index in [-0.39, 0.29) is 6.42 Å². The van der Waals surface area contributed by atoms with Crippen LogP contribution in [0.1, 0.15) is 52.4 Å². The quantitative estimate of drug-likeness (QED) is 0.347. The Labute approximate surface area is 97.3 Å². The van der Waals surface area contributed by atoms with E-state index < -0.39 is 11.9 Å². The largest absolute Gasteiger partial charge is 0.465 e. The molecule has 0 atom stereocenters. The van der Waals surface area contributed by atoms with Gasteiger partial charge >= 0.3 is 11.9 Å². The molecule has 0 fully saturated rings. The van der Waals surface area contributed by atoms with Gasteiger partial charge in [0.2, 0.25) is 0 Å². The molecule has 4 nitrogen and oxygen atoms in total. The van der Waals surface area contributed by atoms with Crippen molar-refractivity contribution in [2.24, 2.45) is 0 Å². The van der Waals surface area contributed by atoms with Crippen molar-refractivity contribution >= 4 is 11.9 Å². The Morgan fingerprint density at radius 3 is 1.81 bits per heavy atom. The van der Waals surface area contributed by atoms with E-state index in [0.717, 1.165) is 32.1 Å². The molecular formula is C12H22O4. The summed E-state index contributed by atoms with van der Waals surface area (Å²) < 4.78 is 9.72. The van der Waals surface area contributed by atoms with Crippen LogP contribution in [0.5, 0.6) is 0 Å². The molecule has 0 bridgehead atoms. The predicted octanol–water partition coefficient (Wildman–Crippen LogP) is 2.45. The lowest BCUT2D eigenvalue weighted by Crippen LogP contribution is -2.14. The van der Waals surface area contributed by atoms with Crippen molar-refractivity contribution in [3.05, 3.63) is 0 Å². The molecule has 0 rings (SSSR count). The van der Waals surface area contributed by atoms with Crippen molar-refractivity contribution in [2.45, 2.75) is 52.4 Å². The summed E-state index contributed by atoms with van der Waals surface area (Å²) in [6.45, 7) is 4.87. The molecule has 0 aromatic heterocycles. The Bertz CT molecular complexity index is 201. The first kappa shape index (κ1) is 14.9. The van der Waals surface area contributed by atoms with Gasteiger partial charge in [-0.2, -0.15) is 0 Å². The lowest BCUT2D eigenvalue weighted by molar-refractivity contribution is -0.154. The van der Waals surface area contributed by atoms with Crippen LogP contribution in [0.15, 0.2) is 0 Å². The average molecular weight is 230 g/mol. The number of carbonyl (C=O) groups excluding carboxylic acids is 2. The van der Waals surface area contributed by atoms with Crippen LogP contribution < -0.4 is 0 Å². The molecule has 0 saturated heterocycles. The van der Waals surface area contributed by atoms with Crippen LogP contribution in [-0.2, 0) is 19.1 Å². The van der Waals surface area contributed by atoms with Crippen LogP contribution in [0.2, 0.25) is 0 Å². The third-order valence-electron chi connectivity index (χ3n) is 2.06.